The number of nitrogens with zero attached hydrogens (tertiary/aromatic N) is 1. The summed E-state index contributed by atoms with van der Waals surface area (Å²) in [5, 5.41) is 10.4. The average Bonchev–Trinajstić information content (AvgIpc) is 2.47. The molecule has 0 aromatic carbocycles. The minimum absolute atomic E-state index is 0.0800. The zero-order valence-corrected chi connectivity index (χ0v) is 7.07. The first kappa shape index (κ1) is 9.24. The molecule has 1 aromatic heterocycles. The highest BCUT2D eigenvalue weighted by atomic mass is 16.6. The van der Waals surface area contributed by atoms with E-state index < -0.39 is 4.92 Å². The molecular weight excluding hydrogens is 178 g/mol. The van der Waals surface area contributed by atoms with Crippen LogP contribution in [0, 0.1) is 10.1 Å². The van der Waals surface area contributed by atoms with Gasteiger partial charge in [-0.2, -0.15) is 0 Å². The molecule has 1 heterocycles. The Bertz CT molecular complexity index is 354. The quantitative estimate of drug-likeness (QED) is 0.403. The molecule has 1 rings (SSSR count). The van der Waals surface area contributed by atoms with Crippen molar-refractivity contribution in [3.8, 4) is 5.95 Å². The summed E-state index contributed by atoms with van der Waals surface area (Å²) in [7, 11) is 1.23. The van der Waals surface area contributed by atoms with E-state index in [0.717, 1.165) is 6.07 Å². The Morgan fingerprint density at radius 1 is 1.69 bits per heavy atom. The van der Waals surface area contributed by atoms with Crippen LogP contribution in [0.15, 0.2) is 10.5 Å². The molecule has 0 amide bonds. The Labute approximate surface area is 73.2 Å². The highest BCUT2D eigenvalue weighted by molar-refractivity contribution is 5.92. The van der Waals surface area contributed by atoms with Crippen LogP contribution in [-0.4, -0.2) is 17.8 Å². The van der Waals surface area contributed by atoms with E-state index in [0.29, 0.717) is 0 Å². The first-order valence-corrected chi connectivity index (χ1v) is 3.39. The van der Waals surface area contributed by atoms with Crippen LogP contribution in [0.5, 0.6) is 5.95 Å². The summed E-state index contributed by atoms with van der Waals surface area (Å²) in [6.45, 7) is 1.25. The smallest absolute Gasteiger partial charge is 0.366 e. The van der Waals surface area contributed by atoms with Crippen molar-refractivity contribution < 1.29 is 18.9 Å². The van der Waals surface area contributed by atoms with Crippen molar-refractivity contribution in [2.24, 2.45) is 0 Å². The van der Waals surface area contributed by atoms with Gasteiger partial charge in [0.05, 0.1) is 18.1 Å². The van der Waals surface area contributed by atoms with Gasteiger partial charge in [-0.1, -0.05) is 0 Å². The van der Waals surface area contributed by atoms with Crippen LogP contribution < -0.4 is 4.74 Å². The highest BCUT2D eigenvalue weighted by Crippen LogP contribution is 2.30. The predicted molar refractivity (Wildman–Crippen MR) is 41.9 cm³/mol. The molecule has 1 aromatic rings. The minimum atomic E-state index is -0.672. The van der Waals surface area contributed by atoms with Gasteiger partial charge in [-0.3, -0.25) is 14.9 Å². The number of carbonyl (C=O) groups is 1. The zero-order valence-electron chi connectivity index (χ0n) is 7.07. The number of rotatable bonds is 3. The molecule has 0 atom stereocenters. The molecule has 0 fully saturated rings. The van der Waals surface area contributed by atoms with Gasteiger partial charge in [0.2, 0.25) is 0 Å². The maximum absolute atomic E-state index is 10.8. The molecule has 0 radical (unpaired) electrons. The number of nitro groups is 1. The van der Waals surface area contributed by atoms with E-state index in [-0.39, 0.29) is 23.2 Å². The number of ether oxygens (including phenoxy) is 1. The lowest BCUT2D eigenvalue weighted by Gasteiger charge is -1.90. The van der Waals surface area contributed by atoms with Crippen LogP contribution in [0.2, 0.25) is 0 Å². The lowest BCUT2D eigenvalue weighted by molar-refractivity contribution is -0.386. The van der Waals surface area contributed by atoms with E-state index in [1.54, 1.807) is 0 Å². The van der Waals surface area contributed by atoms with Crippen LogP contribution in [0.25, 0.3) is 0 Å². The lowest BCUT2D eigenvalue weighted by atomic mass is 10.3. The fourth-order valence-corrected chi connectivity index (χ4v) is 0.812. The molecule has 0 unspecified atom stereocenters. The van der Waals surface area contributed by atoms with E-state index in [4.69, 9.17) is 4.42 Å². The number of hydrogen-bond donors (Lipinski definition) is 0. The molecule has 0 N–H and O–H groups in total. The molecule has 70 valence electrons. The molecule has 0 aliphatic heterocycles. The molecule has 0 saturated heterocycles. The van der Waals surface area contributed by atoms with E-state index in [1.807, 2.05) is 0 Å². The van der Waals surface area contributed by atoms with Crippen molar-refractivity contribution in [2.45, 2.75) is 6.92 Å². The second-order valence-electron chi connectivity index (χ2n) is 2.30. The third-order valence-corrected chi connectivity index (χ3v) is 1.41. The van der Waals surface area contributed by atoms with Crippen LogP contribution in [0.4, 0.5) is 5.69 Å². The Hall–Kier alpha value is -1.85. The maximum Gasteiger partial charge on any atom is 0.366 e. The molecule has 0 bridgehead atoms. The van der Waals surface area contributed by atoms with Crippen LogP contribution in [0.1, 0.15) is 17.5 Å². The number of furan rings is 1. The van der Waals surface area contributed by atoms with E-state index in [1.165, 1.54) is 14.0 Å². The molecule has 13 heavy (non-hydrogen) atoms. The third kappa shape index (κ3) is 1.66. The molecule has 6 heteroatoms. The fraction of sp³-hybridized carbons (Fsp3) is 0.286. The van der Waals surface area contributed by atoms with Gasteiger partial charge in [0.15, 0.2) is 11.5 Å². The van der Waals surface area contributed by atoms with Gasteiger partial charge in [-0.25, -0.2) is 0 Å². The Kier molecular flexibility index (Phi) is 2.32. The Morgan fingerprint density at radius 2 is 2.31 bits per heavy atom. The van der Waals surface area contributed by atoms with Gasteiger partial charge in [0, 0.05) is 6.92 Å². The van der Waals surface area contributed by atoms with Gasteiger partial charge in [-0.15, -0.1) is 0 Å². The van der Waals surface area contributed by atoms with Crippen molar-refractivity contribution in [1.29, 1.82) is 0 Å². The summed E-state index contributed by atoms with van der Waals surface area (Å²) in [4.78, 5) is 20.5. The van der Waals surface area contributed by atoms with Crippen molar-refractivity contribution in [1.82, 2.24) is 0 Å². The molecule has 0 spiro atoms. The van der Waals surface area contributed by atoms with Gasteiger partial charge < -0.3 is 9.15 Å². The zero-order chi connectivity index (χ0) is 10.0. The van der Waals surface area contributed by atoms with Crippen LogP contribution in [-0.2, 0) is 0 Å². The Morgan fingerprint density at radius 3 is 2.62 bits per heavy atom. The number of methoxy groups -OCH3 is 1. The molecule has 0 saturated carbocycles. The van der Waals surface area contributed by atoms with Gasteiger partial charge in [0.1, 0.15) is 0 Å². The van der Waals surface area contributed by atoms with E-state index >= 15 is 0 Å². The lowest BCUT2D eigenvalue weighted by Crippen LogP contribution is -1.89. The third-order valence-electron chi connectivity index (χ3n) is 1.41. The van der Waals surface area contributed by atoms with Gasteiger partial charge in [0.25, 0.3) is 0 Å². The minimum Gasteiger partial charge on any atom is -0.463 e. The van der Waals surface area contributed by atoms with Crippen molar-refractivity contribution in [3.05, 3.63) is 21.9 Å². The molecule has 0 aliphatic carbocycles. The molecular formula is C7H7NO5. The SMILES string of the molecule is COc1oc(C(C)=O)cc1[N+](=O)[O-]. The van der Waals surface area contributed by atoms with Gasteiger partial charge >= 0.3 is 11.6 Å². The summed E-state index contributed by atoms with van der Waals surface area (Å²) in [5.41, 5.74) is -0.340. The second kappa shape index (κ2) is 3.26. The summed E-state index contributed by atoms with van der Waals surface area (Å²) < 4.78 is 9.35. The first-order chi connectivity index (χ1) is 6.06. The Balaban J connectivity index is 3.19. The summed E-state index contributed by atoms with van der Waals surface area (Å²) in [5.74, 6) is -0.717. The summed E-state index contributed by atoms with van der Waals surface area (Å²) in [6, 6.07) is 1.04. The monoisotopic (exact) mass is 185 g/mol. The molecule has 6 nitrogen and oxygen atoms in total. The van der Waals surface area contributed by atoms with E-state index in [2.05, 4.69) is 4.74 Å². The largest absolute Gasteiger partial charge is 0.463 e. The van der Waals surface area contributed by atoms with Crippen molar-refractivity contribution >= 4 is 11.5 Å². The summed E-state index contributed by atoms with van der Waals surface area (Å²) in [6.07, 6.45) is 0. The summed E-state index contributed by atoms with van der Waals surface area (Å²) >= 11 is 0. The number of ketones is 1. The predicted octanol–water partition coefficient (Wildman–Crippen LogP) is 1.40. The van der Waals surface area contributed by atoms with Crippen molar-refractivity contribution in [2.75, 3.05) is 7.11 Å². The normalized spacial score (nSPS) is 9.69. The topological polar surface area (TPSA) is 82.6 Å². The average molecular weight is 185 g/mol. The first-order valence-electron chi connectivity index (χ1n) is 3.39. The fourth-order valence-electron chi connectivity index (χ4n) is 0.812. The van der Waals surface area contributed by atoms with E-state index in [9.17, 15) is 14.9 Å². The molecule has 0 aliphatic rings. The number of hydrogen-bond acceptors (Lipinski definition) is 5. The second-order valence-corrected chi connectivity index (χ2v) is 2.30. The van der Waals surface area contributed by atoms with Gasteiger partial charge in [-0.05, 0) is 0 Å². The van der Waals surface area contributed by atoms with Crippen LogP contribution >= 0.6 is 0 Å². The van der Waals surface area contributed by atoms with Crippen molar-refractivity contribution in [3.63, 3.8) is 0 Å². The number of Topliss-reactive ketones (excluding diaryl/α,β-unsaturated/α-hetero) is 1. The highest BCUT2D eigenvalue weighted by Gasteiger charge is 2.23. The van der Waals surface area contributed by atoms with Crippen LogP contribution in [0.3, 0.4) is 0 Å². The maximum atomic E-state index is 10.8. The standard InChI is InChI=1S/C7H7NO5/c1-4(9)6-3-5(8(10)11)7(12-2)13-6/h3H,1-2H3. The number of carbonyl (C=O) groups excluding carboxylic acids is 1.